The van der Waals surface area contributed by atoms with Gasteiger partial charge in [0.15, 0.2) is 0 Å². The van der Waals surface area contributed by atoms with E-state index < -0.39 is 0 Å². The Morgan fingerprint density at radius 2 is 1.71 bits per heavy atom. The van der Waals surface area contributed by atoms with E-state index in [4.69, 9.17) is 4.74 Å². The molecule has 3 rings (SSSR count). The molecular weight excluding hydrogens is 450 g/mol. The van der Waals surface area contributed by atoms with Crippen molar-refractivity contribution < 1.29 is 19.1 Å². The van der Waals surface area contributed by atoms with Gasteiger partial charge < -0.3 is 20.3 Å². The first kappa shape index (κ1) is 25.6. The van der Waals surface area contributed by atoms with E-state index in [1.165, 1.54) is 48.8 Å². The van der Waals surface area contributed by atoms with Gasteiger partial charge in [0.1, 0.15) is 5.75 Å². The molecule has 0 saturated heterocycles. The third kappa shape index (κ3) is 7.80. The van der Waals surface area contributed by atoms with E-state index in [0.29, 0.717) is 22.9 Å². The van der Waals surface area contributed by atoms with Gasteiger partial charge in [-0.05, 0) is 55.2 Å². The molecule has 0 spiro atoms. The van der Waals surface area contributed by atoms with Gasteiger partial charge in [-0.1, -0.05) is 31.4 Å². The molecule has 0 atom stereocenters. The van der Waals surface area contributed by atoms with Crippen LogP contribution in [0.5, 0.6) is 5.75 Å². The number of nitrogens with one attached hydrogen (secondary N) is 2. The minimum atomic E-state index is -0.298. The van der Waals surface area contributed by atoms with Crippen molar-refractivity contribution in [2.45, 2.75) is 37.0 Å². The lowest BCUT2D eigenvalue weighted by Gasteiger charge is -2.21. The maximum absolute atomic E-state index is 13.0. The number of hydrogen-bond donors (Lipinski definition) is 2. The summed E-state index contributed by atoms with van der Waals surface area (Å²) in [6, 6.07) is 14.2. The monoisotopic (exact) mass is 483 g/mol. The smallest absolute Gasteiger partial charge is 0.255 e. The molecule has 2 aromatic rings. The van der Waals surface area contributed by atoms with Crippen LogP contribution in [-0.2, 0) is 9.59 Å². The minimum Gasteiger partial charge on any atom is -0.497 e. The van der Waals surface area contributed by atoms with E-state index in [1.54, 1.807) is 50.6 Å². The molecule has 1 saturated carbocycles. The zero-order valence-corrected chi connectivity index (χ0v) is 20.7. The Kier molecular flexibility index (Phi) is 9.82. The number of anilines is 1. The van der Waals surface area contributed by atoms with E-state index in [0.717, 1.165) is 11.4 Å². The Bertz CT molecular complexity index is 974. The lowest BCUT2D eigenvalue weighted by molar-refractivity contribution is -0.119. The van der Waals surface area contributed by atoms with Crippen molar-refractivity contribution in [3.05, 3.63) is 54.1 Å². The largest absolute Gasteiger partial charge is 0.497 e. The first-order valence-electron chi connectivity index (χ1n) is 11.6. The third-order valence-corrected chi connectivity index (χ3v) is 6.96. The van der Waals surface area contributed by atoms with E-state index in [-0.39, 0.29) is 30.0 Å². The molecule has 0 aromatic heterocycles. The fourth-order valence-electron chi connectivity index (χ4n) is 3.98. The molecule has 0 bridgehead atoms. The van der Waals surface area contributed by atoms with Gasteiger partial charge in [0.05, 0.1) is 25.0 Å². The zero-order valence-electron chi connectivity index (χ0n) is 19.8. The van der Waals surface area contributed by atoms with Crippen molar-refractivity contribution in [3.8, 4) is 5.75 Å². The Hall–Kier alpha value is -3.00. The van der Waals surface area contributed by atoms with Crippen LogP contribution in [-0.4, -0.2) is 55.6 Å². The highest BCUT2D eigenvalue weighted by atomic mass is 32.2. The normalized spacial score (nSPS) is 13.7. The molecule has 182 valence electrons. The topological polar surface area (TPSA) is 87.7 Å². The second-order valence-corrected chi connectivity index (χ2v) is 9.55. The van der Waals surface area contributed by atoms with E-state index in [2.05, 4.69) is 10.6 Å². The van der Waals surface area contributed by atoms with Crippen LogP contribution >= 0.6 is 11.8 Å². The molecule has 0 unspecified atom stereocenters. The number of hydrogen-bond acceptors (Lipinski definition) is 5. The van der Waals surface area contributed by atoms with Crippen LogP contribution in [0.2, 0.25) is 0 Å². The summed E-state index contributed by atoms with van der Waals surface area (Å²) in [5.74, 6) is 0.934. The van der Waals surface area contributed by atoms with E-state index >= 15 is 0 Å². The molecule has 0 aliphatic heterocycles. The van der Waals surface area contributed by atoms with Crippen molar-refractivity contribution >= 4 is 35.2 Å². The van der Waals surface area contributed by atoms with Gasteiger partial charge in [-0.15, -0.1) is 11.8 Å². The van der Waals surface area contributed by atoms with Crippen LogP contribution < -0.4 is 15.4 Å². The maximum Gasteiger partial charge on any atom is 0.255 e. The maximum atomic E-state index is 13.0. The average Bonchev–Trinajstić information content (AvgIpc) is 2.87. The summed E-state index contributed by atoms with van der Waals surface area (Å²) in [6.45, 7) is 0.637. The van der Waals surface area contributed by atoms with Gasteiger partial charge in [0.2, 0.25) is 11.8 Å². The lowest BCUT2D eigenvalue weighted by Crippen LogP contribution is -2.35. The number of carbonyl (C=O) groups is 3. The summed E-state index contributed by atoms with van der Waals surface area (Å²) in [4.78, 5) is 39.9. The molecule has 1 aliphatic rings. The highest BCUT2D eigenvalue weighted by molar-refractivity contribution is 8.00. The molecule has 8 heteroatoms. The number of nitrogens with zero attached hydrogens (tertiary/aromatic N) is 1. The van der Waals surface area contributed by atoms with Crippen molar-refractivity contribution in [2.24, 2.45) is 5.92 Å². The quantitative estimate of drug-likeness (QED) is 0.495. The second-order valence-electron chi connectivity index (χ2n) is 8.53. The molecule has 1 aliphatic carbocycles. The Balaban J connectivity index is 1.50. The third-order valence-electron chi connectivity index (χ3n) is 5.89. The molecule has 0 radical (unpaired) electrons. The predicted octanol–water partition coefficient (Wildman–Crippen LogP) is 4.19. The number of likely N-dealkylation sites (N-methyl/N-ethyl adjacent to an activating group) is 1. The molecule has 2 N–H and O–H groups in total. The van der Waals surface area contributed by atoms with Gasteiger partial charge in [-0.2, -0.15) is 0 Å². The standard InChI is InChI=1S/C26H33N3O4S/c1-29(17-24(30)28-20-12-14-21(33-2)15-13-20)26(32)22-10-6-7-11-23(22)34-18-25(31)27-16-19-8-4-3-5-9-19/h6-7,10-15,19H,3-5,8-9,16-18H2,1-2H3,(H,27,31)(H,28,30). The van der Waals surface area contributed by atoms with Gasteiger partial charge in [0.25, 0.3) is 5.91 Å². The van der Waals surface area contributed by atoms with E-state index in [1.807, 2.05) is 12.1 Å². The zero-order chi connectivity index (χ0) is 24.3. The Morgan fingerprint density at radius 3 is 2.41 bits per heavy atom. The number of amides is 3. The minimum absolute atomic E-state index is 0.0231. The van der Waals surface area contributed by atoms with Crippen molar-refractivity contribution in [1.29, 1.82) is 0 Å². The summed E-state index contributed by atoms with van der Waals surface area (Å²) in [5.41, 5.74) is 1.11. The summed E-state index contributed by atoms with van der Waals surface area (Å²) in [5, 5.41) is 5.81. The van der Waals surface area contributed by atoms with Crippen LogP contribution in [0.15, 0.2) is 53.4 Å². The van der Waals surface area contributed by atoms with Crippen molar-refractivity contribution in [2.75, 3.05) is 38.3 Å². The first-order valence-corrected chi connectivity index (χ1v) is 12.6. The summed E-state index contributed by atoms with van der Waals surface area (Å²) < 4.78 is 5.11. The Morgan fingerprint density at radius 1 is 1.00 bits per heavy atom. The molecule has 3 amide bonds. The number of ether oxygens (including phenoxy) is 1. The number of methoxy groups -OCH3 is 1. The average molecular weight is 484 g/mol. The first-order chi connectivity index (χ1) is 16.5. The number of thioether (sulfide) groups is 1. The summed E-state index contributed by atoms with van der Waals surface area (Å²) in [6.07, 6.45) is 6.15. The van der Waals surface area contributed by atoms with Gasteiger partial charge in [-0.3, -0.25) is 14.4 Å². The van der Waals surface area contributed by atoms with Crippen LogP contribution in [0.25, 0.3) is 0 Å². The van der Waals surface area contributed by atoms with Gasteiger partial charge in [-0.25, -0.2) is 0 Å². The fraction of sp³-hybridized carbons (Fsp3) is 0.423. The highest BCUT2D eigenvalue weighted by Crippen LogP contribution is 2.25. The summed E-state index contributed by atoms with van der Waals surface area (Å²) >= 11 is 1.34. The van der Waals surface area contributed by atoms with Gasteiger partial charge >= 0.3 is 0 Å². The van der Waals surface area contributed by atoms with E-state index in [9.17, 15) is 14.4 Å². The van der Waals surface area contributed by atoms with Crippen molar-refractivity contribution in [3.63, 3.8) is 0 Å². The number of benzene rings is 2. The molecule has 34 heavy (non-hydrogen) atoms. The summed E-state index contributed by atoms with van der Waals surface area (Å²) in [7, 11) is 3.17. The Labute approximate surface area is 205 Å². The molecule has 1 fully saturated rings. The molecule has 0 heterocycles. The fourth-order valence-corrected chi connectivity index (χ4v) is 4.85. The number of carbonyl (C=O) groups excluding carboxylic acids is 3. The van der Waals surface area contributed by atoms with Crippen LogP contribution in [0.4, 0.5) is 5.69 Å². The second kappa shape index (κ2) is 13.0. The van der Waals surface area contributed by atoms with Crippen LogP contribution in [0.3, 0.4) is 0 Å². The molecule has 7 nitrogen and oxygen atoms in total. The SMILES string of the molecule is COc1ccc(NC(=O)CN(C)C(=O)c2ccccc2SCC(=O)NCC2CCCCC2)cc1. The molecule has 2 aromatic carbocycles. The van der Waals surface area contributed by atoms with Crippen molar-refractivity contribution in [1.82, 2.24) is 10.2 Å². The van der Waals surface area contributed by atoms with Gasteiger partial charge in [0, 0.05) is 24.2 Å². The lowest BCUT2D eigenvalue weighted by atomic mass is 9.89. The highest BCUT2D eigenvalue weighted by Gasteiger charge is 2.19. The number of rotatable bonds is 10. The van der Waals surface area contributed by atoms with Crippen LogP contribution in [0, 0.1) is 5.92 Å². The van der Waals surface area contributed by atoms with Crippen LogP contribution in [0.1, 0.15) is 42.5 Å². The molecular formula is C26H33N3O4S. The predicted molar refractivity (Wildman–Crippen MR) is 135 cm³/mol.